The molecule has 2 aromatic heterocycles. The van der Waals surface area contributed by atoms with Gasteiger partial charge in [0.2, 0.25) is 0 Å². The quantitative estimate of drug-likeness (QED) is 0.184. The van der Waals surface area contributed by atoms with E-state index in [1.54, 1.807) is 12.1 Å². The van der Waals surface area contributed by atoms with Gasteiger partial charge in [0.15, 0.2) is 0 Å². The molecule has 0 aliphatic rings. The summed E-state index contributed by atoms with van der Waals surface area (Å²) in [5.74, 6) is -0.965. The van der Waals surface area contributed by atoms with E-state index in [9.17, 15) is 23.3 Å². The summed E-state index contributed by atoms with van der Waals surface area (Å²) in [6.45, 7) is 2.59. The van der Waals surface area contributed by atoms with Crippen molar-refractivity contribution in [3.8, 4) is 0 Å². The van der Waals surface area contributed by atoms with E-state index in [0.29, 0.717) is 5.69 Å². The van der Waals surface area contributed by atoms with Crippen LogP contribution < -0.4 is 0 Å². The summed E-state index contributed by atoms with van der Waals surface area (Å²) < 4.78 is 37.6. The molecule has 3 rings (SSSR count). The molecule has 0 aliphatic heterocycles. The van der Waals surface area contributed by atoms with Crippen molar-refractivity contribution in [1.29, 1.82) is 0 Å². The Balaban J connectivity index is 1.67. The van der Waals surface area contributed by atoms with Gasteiger partial charge in [0.1, 0.15) is 37.3 Å². The SMILES string of the molecule is CC(=O)OC(COS(=O)(=O)c1ccc(C)cc1)Cn1cc(Cn2ccnc2[N+](=O)[O-])nn1. The van der Waals surface area contributed by atoms with E-state index in [2.05, 4.69) is 15.3 Å². The van der Waals surface area contributed by atoms with Gasteiger partial charge in [0.05, 0.1) is 17.6 Å². The van der Waals surface area contributed by atoms with Crippen LogP contribution >= 0.6 is 0 Å². The zero-order valence-corrected chi connectivity index (χ0v) is 18.0. The summed E-state index contributed by atoms with van der Waals surface area (Å²) in [7, 11) is -4.05. The average molecular weight is 464 g/mol. The summed E-state index contributed by atoms with van der Waals surface area (Å²) in [6, 6.07) is 6.12. The minimum Gasteiger partial charge on any atom is -0.458 e. The van der Waals surface area contributed by atoms with Gasteiger partial charge in [-0.05, 0) is 24.0 Å². The molecule has 0 amide bonds. The normalized spacial score (nSPS) is 12.4. The maximum Gasteiger partial charge on any atom is 0.434 e. The van der Waals surface area contributed by atoms with Gasteiger partial charge in [-0.1, -0.05) is 27.9 Å². The Bertz CT molecular complexity index is 1200. The van der Waals surface area contributed by atoms with E-state index >= 15 is 0 Å². The summed E-state index contributed by atoms with van der Waals surface area (Å²) in [4.78, 5) is 25.4. The maximum atomic E-state index is 12.4. The van der Waals surface area contributed by atoms with Crippen molar-refractivity contribution in [2.75, 3.05) is 6.61 Å². The van der Waals surface area contributed by atoms with Gasteiger partial charge in [-0.3, -0.25) is 8.98 Å². The number of imidazole rings is 1. The molecule has 1 aromatic carbocycles. The summed E-state index contributed by atoms with van der Waals surface area (Å²) in [5, 5.41) is 18.8. The number of benzene rings is 1. The van der Waals surface area contributed by atoms with Crippen LogP contribution in [0.2, 0.25) is 0 Å². The molecule has 0 fully saturated rings. The predicted octanol–water partition coefficient (Wildman–Crippen LogP) is 1.08. The first-order valence-corrected chi connectivity index (χ1v) is 10.7. The number of hydrogen-bond acceptors (Lipinski definition) is 10. The Morgan fingerprint density at radius 3 is 2.66 bits per heavy atom. The molecule has 0 spiro atoms. The third-order valence-corrected chi connectivity index (χ3v) is 5.51. The van der Waals surface area contributed by atoms with Gasteiger partial charge < -0.3 is 14.9 Å². The highest BCUT2D eigenvalue weighted by Crippen LogP contribution is 2.15. The van der Waals surface area contributed by atoms with Crippen LogP contribution in [-0.2, 0) is 36.9 Å². The fourth-order valence-electron chi connectivity index (χ4n) is 2.78. The van der Waals surface area contributed by atoms with Gasteiger partial charge in [-0.25, -0.2) is 9.25 Å². The molecular weight excluding hydrogens is 444 g/mol. The van der Waals surface area contributed by atoms with Crippen LogP contribution in [0.25, 0.3) is 0 Å². The van der Waals surface area contributed by atoms with Gasteiger partial charge in [0.25, 0.3) is 10.1 Å². The molecule has 0 N–H and O–H groups in total. The molecule has 2 heterocycles. The van der Waals surface area contributed by atoms with Crippen LogP contribution in [0.15, 0.2) is 47.8 Å². The number of carbonyl (C=O) groups excluding carboxylic acids is 1. The smallest absolute Gasteiger partial charge is 0.434 e. The molecule has 0 aliphatic carbocycles. The summed E-state index contributed by atoms with van der Waals surface area (Å²) in [5.41, 5.74) is 1.28. The highest BCUT2D eigenvalue weighted by Gasteiger charge is 2.22. The Morgan fingerprint density at radius 2 is 2.00 bits per heavy atom. The lowest BCUT2D eigenvalue weighted by molar-refractivity contribution is -0.396. The first-order chi connectivity index (χ1) is 15.1. The minimum atomic E-state index is -4.05. The van der Waals surface area contributed by atoms with Gasteiger partial charge in [0, 0.05) is 6.92 Å². The van der Waals surface area contributed by atoms with Crippen molar-refractivity contribution in [3.63, 3.8) is 0 Å². The summed E-state index contributed by atoms with van der Waals surface area (Å²) in [6.07, 6.45) is 3.26. The molecule has 1 atom stereocenters. The molecule has 32 heavy (non-hydrogen) atoms. The third-order valence-electron chi connectivity index (χ3n) is 4.22. The molecule has 170 valence electrons. The van der Waals surface area contributed by atoms with Gasteiger partial charge in [-0.15, -0.1) is 5.10 Å². The second-order valence-electron chi connectivity index (χ2n) is 6.83. The number of carbonyl (C=O) groups is 1. The number of nitro groups is 1. The van der Waals surface area contributed by atoms with Crippen molar-refractivity contribution < 1.29 is 27.1 Å². The first kappa shape index (κ1) is 23.0. The zero-order chi connectivity index (χ0) is 23.3. The first-order valence-electron chi connectivity index (χ1n) is 9.32. The number of hydrogen-bond donors (Lipinski definition) is 0. The van der Waals surface area contributed by atoms with E-state index in [1.807, 2.05) is 6.92 Å². The standard InChI is InChI=1S/C18H20N6O7S/c1-13-3-5-17(6-4-13)32(28,29)30-12-16(31-14(2)25)11-23-10-15(20-21-23)9-22-8-7-19-18(22)24(26)27/h3-8,10,16H,9,11-12H2,1-2H3. The minimum absolute atomic E-state index is 0.0188. The van der Waals surface area contributed by atoms with Crippen molar-refractivity contribution in [2.45, 2.75) is 37.9 Å². The largest absolute Gasteiger partial charge is 0.458 e. The molecule has 0 bridgehead atoms. The number of nitrogens with zero attached hydrogens (tertiary/aromatic N) is 6. The lowest BCUT2D eigenvalue weighted by atomic mass is 10.2. The van der Waals surface area contributed by atoms with Crippen LogP contribution in [-0.4, -0.2) is 56.6 Å². The van der Waals surface area contributed by atoms with Crippen LogP contribution in [0.1, 0.15) is 18.2 Å². The number of aromatic nitrogens is 5. The van der Waals surface area contributed by atoms with Crippen LogP contribution in [0.3, 0.4) is 0 Å². The Kier molecular flexibility index (Phi) is 6.95. The van der Waals surface area contributed by atoms with Gasteiger partial charge in [-0.2, -0.15) is 8.42 Å². The van der Waals surface area contributed by atoms with E-state index < -0.39 is 33.7 Å². The molecule has 13 nitrogen and oxygen atoms in total. The highest BCUT2D eigenvalue weighted by atomic mass is 32.2. The topological polar surface area (TPSA) is 161 Å². The van der Waals surface area contributed by atoms with E-state index in [1.165, 1.54) is 46.9 Å². The number of esters is 1. The molecule has 1 unspecified atom stereocenters. The fraction of sp³-hybridized carbons (Fsp3) is 0.333. The van der Waals surface area contributed by atoms with Crippen molar-refractivity contribution in [3.05, 3.63) is 64.2 Å². The van der Waals surface area contributed by atoms with E-state index in [-0.39, 0.29) is 23.9 Å². The zero-order valence-electron chi connectivity index (χ0n) is 17.2. The van der Waals surface area contributed by atoms with Crippen LogP contribution in [0.5, 0.6) is 0 Å². The molecule has 0 saturated heterocycles. The van der Waals surface area contributed by atoms with Crippen molar-refractivity contribution >= 4 is 22.0 Å². The van der Waals surface area contributed by atoms with Crippen LogP contribution in [0.4, 0.5) is 5.95 Å². The molecule has 0 saturated carbocycles. The average Bonchev–Trinajstić information content (AvgIpc) is 3.36. The Labute approximate surface area is 182 Å². The number of ether oxygens (including phenoxy) is 1. The van der Waals surface area contributed by atoms with Crippen LogP contribution in [0, 0.1) is 17.0 Å². The number of rotatable bonds is 10. The third kappa shape index (κ3) is 5.95. The fourth-order valence-corrected chi connectivity index (χ4v) is 3.71. The lowest BCUT2D eigenvalue weighted by Gasteiger charge is -2.16. The monoisotopic (exact) mass is 464 g/mol. The Hall–Kier alpha value is -3.65. The molecule has 3 aromatic rings. The highest BCUT2D eigenvalue weighted by molar-refractivity contribution is 7.86. The lowest BCUT2D eigenvalue weighted by Crippen LogP contribution is -2.29. The molecule has 14 heteroatoms. The second-order valence-corrected chi connectivity index (χ2v) is 8.44. The van der Waals surface area contributed by atoms with E-state index in [4.69, 9.17) is 8.92 Å². The summed E-state index contributed by atoms with van der Waals surface area (Å²) >= 11 is 0. The maximum absolute atomic E-state index is 12.4. The predicted molar refractivity (Wildman–Crippen MR) is 108 cm³/mol. The van der Waals surface area contributed by atoms with Gasteiger partial charge >= 0.3 is 11.9 Å². The van der Waals surface area contributed by atoms with Crippen molar-refractivity contribution in [2.24, 2.45) is 0 Å². The molecular formula is C18H20N6O7S. The van der Waals surface area contributed by atoms with E-state index in [0.717, 1.165) is 5.56 Å². The number of aryl methyl sites for hydroxylation is 1. The van der Waals surface area contributed by atoms with Crippen molar-refractivity contribution in [1.82, 2.24) is 24.5 Å². The Morgan fingerprint density at radius 1 is 1.28 bits per heavy atom. The second kappa shape index (κ2) is 9.65. The molecule has 0 radical (unpaired) electrons.